The lowest BCUT2D eigenvalue weighted by Crippen LogP contribution is -2.43. The van der Waals surface area contributed by atoms with Crippen LogP contribution in [0.4, 0.5) is 0 Å². The molecule has 0 fully saturated rings. The van der Waals surface area contributed by atoms with Crippen LogP contribution in [-0.4, -0.2) is 43.4 Å². The van der Waals surface area contributed by atoms with Crippen LogP contribution in [0.15, 0.2) is 12.1 Å². The van der Waals surface area contributed by atoms with Crippen LogP contribution in [-0.2, 0) is 11.3 Å². The predicted octanol–water partition coefficient (Wildman–Crippen LogP) is 2.11. The molecule has 0 saturated carbocycles. The topological polar surface area (TPSA) is 79.8 Å². The van der Waals surface area contributed by atoms with Gasteiger partial charge in [0.05, 0.1) is 7.11 Å². The first kappa shape index (κ1) is 20.5. The highest BCUT2D eigenvalue weighted by Crippen LogP contribution is 2.33. The number of hydrogen-bond acceptors (Lipinski definition) is 5. The maximum absolute atomic E-state index is 11.8. The molecule has 0 heterocycles. The molecule has 0 saturated heterocycles. The van der Waals surface area contributed by atoms with Gasteiger partial charge in [0.25, 0.3) is 5.91 Å². The van der Waals surface area contributed by atoms with Crippen LogP contribution in [0.5, 0.6) is 11.5 Å². The van der Waals surface area contributed by atoms with Gasteiger partial charge in [-0.1, -0.05) is 11.6 Å². The Labute approximate surface area is 148 Å². The molecule has 136 valence electrons. The minimum Gasteiger partial charge on any atom is -0.493 e. The van der Waals surface area contributed by atoms with E-state index in [1.165, 1.54) is 7.11 Å². The molecule has 0 aliphatic carbocycles. The van der Waals surface area contributed by atoms with E-state index in [0.717, 1.165) is 5.56 Å². The molecule has 0 bridgehead atoms. The van der Waals surface area contributed by atoms with E-state index in [1.807, 2.05) is 20.8 Å². The number of amides is 1. The monoisotopic (exact) mass is 358 g/mol. The molecule has 0 aliphatic rings. The van der Waals surface area contributed by atoms with Gasteiger partial charge in [-0.15, -0.1) is 0 Å². The highest BCUT2D eigenvalue weighted by atomic mass is 35.5. The number of methoxy groups -OCH3 is 1. The molecular weight excluding hydrogens is 332 g/mol. The number of hydrogen-bond donors (Lipinski definition) is 3. The zero-order valence-electron chi connectivity index (χ0n) is 14.7. The minimum absolute atomic E-state index is 0.113. The lowest BCUT2D eigenvalue weighted by Gasteiger charge is -2.21. The fourth-order valence-electron chi connectivity index (χ4n) is 2.01. The molecule has 0 spiro atoms. The number of aliphatic hydroxyl groups is 1. The maximum atomic E-state index is 11.8. The van der Waals surface area contributed by atoms with Crippen molar-refractivity contribution < 1.29 is 19.4 Å². The summed E-state index contributed by atoms with van der Waals surface area (Å²) in [6.45, 7) is 6.99. The maximum Gasteiger partial charge on any atom is 0.258 e. The van der Waals surface area contributed by atoms with E-state index in [1.54, 1.807) is 12.1 Å². The van der Waals surface area contributed by atoms with Crippen LogP contribution in [0.25, 0.3) is 0 Å². The van der Waals surface area contributed by atoms with Gasteiger partial charge in [-0.2, -0.15) is 0 Å². The van der Waals surface area contributed by atoms with Crippen molar-refractivity contribution in [1.29, 1.82) is 0 Å². The average Bonchev–Trinajstić information content (AvgIpc) is 2.49. The molecule has 1 aromatic rings. The standard InChI is InChI=1S/C17H27ClN2O4/c1-17(2,3)20-16(22)11-24-15-9-13(18)12(8-14(15)23-4)10-19-6-5-7-21/h8-9,19,21H,5-7,10-11H2,1-4H3,(H,20,22). The van der Waals surface area contributed by atoms with Gasteiger partial charge in [-0.3, -0.25) is 4.79 Å². The van der Waals surface area contributed by atoms with Gasteiger partial charge in [0.1, 0.15) is 0 Å². The second-order valence-corrected chi connectivity index (χ2v) is 6.84. The molecule has 7 heteroatoms. The summed E-state index contributed by atoms with van der Waals surface area (Å²) in [5, 5.41) is 15.3. The summed E-state index contributed by atoms with van der Waals surface area (Å²) >= 11 is 6.27. The Kier molecular flexibility index (Phi) is 8.31. The van der Waals surface area contributed by atoms with Crippen molar-refractivity contribution in [3.63, 3.8) is 0 Å². The summed E-state index contributed by atoms with van der Waals surface area (Å²) in [6.07, 6.45) is 0.679. The number of halogens is 1. The highest BCUT2D eigenvalue weighted by Gasteiger charge is 2.16. The Morgan fingerprint density at radius 1 is 1.29 bits per heavy atom. The van der Waals surface area contributed by atoms with Gasteiger partial charge in [0.2, 0.25) is 0 Å². The Balaban J connectivity index is 2.71. The lowest BCUT2D eigenvalue weighted by molar-refractivity contribution is -0.124. The molecule has 0 radical (unpaired) electrons. The number of carbonyl (C=O) groups excluding carboxylic acids is 1. The third-order valence-corrected chi connectivity index (χ3v) is 3.38. The number of nitrogens with one attached hydrogen (secondary N) is 2. The Hall–Kier alpha value is -1.50. The largest absolute Gasteiger partial charge is 0.493 e. The molecule has 3 N–H and O–H groups in total. The molecular formula is C17H27ClN2O4. The van der Waals surface area contributed by atoms with Crippen molar-refractivity contribution in [3.05, 3.63) is 22.7 Å². The first-order chi connectivity index (χ1) is 11.3. The van der Waals surface area contributed by atoms with Crippen LogP contribution in [0, 0.1) is 0 Å². The molecule has 1 rings (SSSR count). The average molecular weight is 359 g/mol. The van der Waals surface area contributed by atoms with Gasteiger partial charge < -0.3 is 25.2 Å². The minimum atomic E-state index is -0.313. The molecule has 0 atom stereocenters. The van der Waals surface area contributed by atoms with Crippen molar-refractivity contribution in [2.75, 3.05) is 26.9 Å². The summed E-state index contributed by atoms with van der Waals surface area (Å²) in [5.41, 5.74) is 0.546. The first-order valence-electron chi connectivity index (χ1n) is 7.88. The molecule has 0 unspecified atom stereocenters. The van der Waals surface area contributed by atoms with Crippen LogP contribution in [0.2, 0.25) is 5.02 Å². The van der Waals surface area contributed by atoms with E-state index in [2.05, 4.69) is 10.6 Å². The van der Waals surface area contributed by atoms with E-state index in [4.69, 9.17) is 26.2 Å². The van der Waals surface area contributed by atoms with Crippen molar-refractivity contribution >= 4 is 17.5 Å². The number of ether oxygens (including phenoxy) is 2. The summed E-state index contributed by atoms with van der Waals surface area (Å²) in [7, 11) is 1.54. The highest BCUT2D eigenvalue weighted by molar-refractivity contribution is 6.31. The molecule has 0 aliphatic heterocycles. The zero-order chi connectivity index (χ0) is 18.2. The number of rotatable bonds is 9. The van der Waals surface area contributed by atoms with Crippen LogP contribution in [0.3, 0.4) is 0 Å². The normalized spacial score (nSPS) is 11.2. The Morgan fingerprint density at radius 3 is 2.58 bits per heavy atom. The van der Waals surface area contributed by atoms with Gasteiger partial charge in [-0.05, 0) is 45.4 Å². The lowest BCUT2D eigenvalue weighted by atomic mass is 10.1. The summed E-state index contributed by atoms with van der Waals surface area (Å²) in [6, 6.07) is 3.43. The van der Waals surface area contributed by atoms with Crippen LogP contribution >= 0.6 is 11.6 Å². The van der Waals surface area contributed by atoms with E-state index in [-0.39, 0.29) is 24.7 Å². The van der Waals surface area contributed by atoms with Crippen LogP contribution in [0.1, 0.15) is 32.8 Å². The third kappa shape index (κ3) is 7.38. The smallest absolute Gasteiger partial charge is 0.258 e. The number of carbonyl (C=O) groups is 1. The van der Waals surface area contributed by atoms with E-state index in [9.17, 15) is 4.79 Å². The van der Waals surface area contributed by atoms with Gasteiger partial charge in [0, 0.05) is 29.8 Å². The van der Waals surface area contributed by atoms with Crippen molar-refractivity contribution in [2.24, 2.45) is 0 Å². The molecule has 1 aromatic carbocycles. The molecule has 0 aromatic heterocycles. The Morgan fingerprint density at radius 2 is 2.00 bits per heavy atom. The first-order valence-corrected chi connectivity index (χ1v) is 8.26. The fourth-order valence-corrected chi connectivity index (χ4v) is 2.23. The third-order valence-electron chi connectivity index (χ3n) is 3.03. The quantitative estimate of drug-likeness (QED) is 0.589. The van der Waals surface area contributed by atoms with E-state index >= 15 is 0 Å². The van der Waals surface area contributed by atoms with Gasteiger partial charge in [0.15, 0.2) is 18.1 Å². The molecule has 1 amide bonds. The van der Waals surface area contributed by atoms with E-state index in [0.29, 0.717) is 36.0 Å². The summed E-state index contributed by atoms with van der Waals surface area (Å²) in [4.78, 5) is 11.8. The second kappa shape index (κ2) is 9.71. The van der Waals surface area contributed by atoms with Crippen molar-refractivity contribution in [1.82, 2.24) is 10.6 Å². The van der Waals surface area contributed by atoms with E-state index < -0.39 is 0 Å². The number of benzene rings is 1. The fraction of sp³-hybridized carbons (Fsp3) is 0.588. The molecule has 6 nitrogen and oxygen atoms in total. The Bertz CT molecular complexity index is 544. The van der Waals surface area contributed by atoms with Gasteiger partial charge in [-0.25, -0.2) is 0 Å². The predicted molar refractivity (Wildman–Crippen MR) is 94.8 cm³/mol. The molecule has 24 heavy (non-hydrogen) atoms. The summed E-state index contributed by atoms with van der Waals surface area (Å²) < 4.78 is 10.9. The second-order valence-electron chi connectivity index (χ2n) is 6.44. The van der Waals surface area contributed by atoms with Crippen molar-refractivity contribution in [3.8, 4) is 11.5 Å². The van der Waals surface area contributed by atoms with Crippen molar-refractivity contribution in [2.45, 2.75) is 39.3 Å². The number of aliphatic hydroxyl groups excluding tert-OH is 1. The van der Waals surface area contributed by atoms with Gasteiger partial charge >= 0.3 is 0 Å². The SMILES string of the molecule is COc1cc(CNCCCO)c(Cl)cc1OCC(=O)NC(C)(C)C. The van der Waals surface area contributed by atoms with Crippen LogP contribution < -0.4 is 20.1 Å². The summed E-state index contributed by atoms with van der Waals surface area (Å²) in [5.74, 6) is 0.725. The zero-order valence-corrected chi connectivity index (χ0v) is 15.5.